The molecule has 1 N–H and O–H groups in total. The highest BCUT2D eigenvalue weighted by atomic mass is 16.5. The van der Waals surface area contributed by atoms with E-state index in [0.717, 1.165) is 28.9 Å². The number of para-hydroxylation sites is 1. The first kappa shape index (κ1) is 14.9. The maximum atomic E-state index is 10.9. The molecule has 2 aromatic carbocycles. The maximum Gasteiger partial charge on any atom is 0.307 e. The van der Waals surface area contributed by atoms with Crippen molar-refractivity contribution in [2.45, 2.75) is 19.4 Å². The standard InChI is InChI=1S/C18H18O3/c1-2-7-14-8-5-6-11-17(14)21-13-16-10-4-3-9-15(16)12-18(19)20/h2-6,8-11H,1,7,12-13H2,(H,19,20). The second kappa shape index (κ2) is 7.29. The van der Waals surface area contributed by atoms with Crippen LogP contribution in [0.15, 0.2) is 61.2 Å². The topological polar surface area (TPSA) is 46.5 Å². The molecular formula is C18H18O3. The number of allylic oxidation sites excluding steroid dienone is 1. The van der Waals surface area contributed by atoms with Gasteiger partial charge in [0.1, 0.15) is 12.4 Å². The van der Waals surface area contributed by atoms with Gasteiger partial charge in [0.2, 0.25) is 0 Å². The molecule has 108 valence electrons. The van der Waals surface area contributed by atoms with Gasteiger partial charge in [-0.15, -0.1) is 6.58 Å². The summed E-state index contributed by atoms with van der Waals surface area (Å²) in [6.45, 7) is 4.10. The van der Waals surface area contributed by atoms with E-state index in [9.17, 15) is 4.79 Å². The number of carboxylic acid groups (broad SMARTS) is 1. The Bertz CT molecular complexity index is 632. The van der Waals surface area contributed by atoms with Crippen LogP contribution in [0.4, 0.5) is 0 Å². The predicted octanol–water partition coefficient (Wildman–Crippen LogP) is 3.62. The quantitative estimate of drug-likeness (QED) is 0.789. The molecule has 3 heteroatoms. The fourth-order valence-corrected chi connectivity index (χ4v) is 2.16. The lowest BCUT2D eigenvalue weighted by molar-refractivity contribution is -0.136. The second-order valence-electron chi connectivity index (χ2n) is 4.73. The average molecular weight is 282 g/mol. The Morgan fingerprint density at radius 1 is 1.05 bits per heavy atom. The number of benzene rings is 2. The fraction of sp³-hybridized carbons (Fsp3) is 0.167. The van der Waals surface area contributed by atoms with Gasteiger partial charge in [-0.25, -0.2) is 0 Å². The molecule has 0 aliphatic carbocycles. The van der Waals surface area contributed by atoms with Crippen LogP contribution in [0, 0.1) is 0 Å². The van der Waals surface area contributed by atoms with Gasteiger partial charge in [0, 0.05) is 0 Å². The molecule has 0 spiro atoms. The van der Waals surface area contributed by atoms with Crippen molar-refractivity contribution < 1.29 is 14.6 Å². The Morgan fingerprint density at radius 3 is 2.33 bits per heavy atom. The van der Waals surface area contributed by atoms with Gasteiger partial charge in [-0.3, -0.25) is 4.79 Å². The van der Waals surface area contributed by atoms with Crippen LogP contribution in [0.1, 0.15) is 16.7 Å². The summed E-state index contributed by atoms with van der Waals surface area (Å²) in [6.07, 6.45) is 2.58. The summed E-state index contributed by atoms with van der Waals surface area (Å²) in [7, 11) is 0. The van der Waals surface area contributed by atoms with Gasteiger partial charge in [-0.1, -0.05) is 48.5 Å². The van der Waals surface area contributed by atoms with Crippen molar-refractivity contribution in [3.63, 3.8) is 0 Å². The zero-order valence-electron chi connectivity index (χ0n) is 11.8. The Morgan fingerprint density at radius 2 is 1.67 bits per heavy atom. The molecule has 0 aromatic heterocycles. The van der Waals surface area contributed by atoms with Gasteiger partial charge in [-0.05, 0) is 29.2 Å². The molecule has 0 amide bonds. The van der Waals surface area contributed by atoms with Gasteiger partial charge in [0.25, 0.3) is 0 Å². The molecule has 0 aliphatic rings. The molecular weight excluding hydrogens is 264 g/mol. The van der Waals surface area contributed by atoms with Crippen LogP contribution in [0.3, 0.4) is 0 Å². The highest BCUT2D eigenvalue weighted by Gasteiger charge is 2.08. The minimum absolute atomic E-state index is 0.00778. The second-order valence-corrected chi connectivity index (χ2v) is 4.73. The monoisotopic (exact) mass is 282 g/mol. The minimum atomic E-state index is -0.838. The number of hydrogen-bond donors (Lipinski definition) is 1. The first-order chi connectivity index (χ1) is 10.2. The summed E-state index contributed by atoms with van der Waals surface area (Å²) < 4.78 is 5.86. The molecule has 0 fully saturated rings. The van der Waals surface area contributed by atoms with Crippen LogP contribution >= 0.6 is 0 Å². The normalized spacial score (nSPS) is 10.1. The summed E-state index contributed by atoms with van der Waals surface area (Å²) in [4.78, 5) is 10.9. The van der Waals surface area contributed by atoms with E-state index in [2.05, 4.69) is 6.58 Å². The molecule has 2 rings (SSSR count). The summed E-state index contributed by atoms with van der Waals surface area (Å²) in [5.41, 5.74) is 2.75. The van der Waals surface area contributed by atoms with Crippen LogP contribution in [0.25, 0.3) is 0 Å². The highest BCUT2D eigenvalue weighted by molar-refractivity contribution is 5.70. The van der Waals surface area contributed by atoms with Crippen molar-refractivity contribution in [2.75, 3.05) is 0 Å². The van der Waals surface area contributed by atoms with E-state index in [4.69, 9.17) is 9.84 Å². The molecule has 0 radical (unpaired) electrons. The van der Waals surface area contributed by atoms with E-state index >= 15 is 0 Å². The Kier molecular flexibility index (Phi) is 5.16. The molecule has 0 saturated heterocycles. The Hall–Kier alpha value is -2.55. The summed E-state index contributed by atoms with van der Waals surface area (Å²) in [5.74, 6) is -0.0305. The van der Waals surface area contributed by atoms with E-state index in [1.54, 1.807) is 0 Å². The first-order valence-corrected chi connectivity index (χ1v) is 6.81. The van der Waals surface area contributed by atoms with Gasteiger partial charge < -0.3 is 9.84 Å². The van der Waals surface area contributed by atoms with Crippen molar-refractivity contribution in [2.24, 2.45) is 0 Å². The lowest BCUT2D eigenvalue weighted by atomic mass is 10.1. The van der Waals surface area contributed by atoms with E-state index in [1.165, 1.54) is 0 Å². The largest absolute Gasteiger partial charge is 0.489 e. The van der Waals surface area contributed by atoms with Crippen molar-refractivity contribution in [1.29, 1.82) is 0 Å². The van der Waals surface area contributed by atoms with Gasteiger partial charge in [-0.2, -0.15) is 0 Å². The van der Waals surface area contributed by atoms with Crippen LogP contribution in [0.2, 0.25) is 0 Å². The summed E-state index contributed by atoms with van der Waals surface area (Å²) >= 11 is 0. The highest BCUT2D eigenvalue weighted by Crippen LogP contribution is 2.21. The van der Waals surface area contributed by atoms with Crippen molar-refractivity contribution in [3.05, 3.63) is 77.9 Å². The van der Waals surface area contributed by atoms with E-state index in [1.807, 2.05) is 54.6 Å². The zero-order chi connectivity index (χ0) is 15.1. The van der Waals surface area contributed by atoms with Gasteiger partial charge >= 0.3 is 5.97 Å². The van der Waals surface area contributed by atoms with Crippen LogP contribution in [-0.2, 0) is 24.2 Å². The zero-order valence-corrected chi connectivity index (χ0v) is 11.8. The lowest BCUT2D eigenvalue weighted by Crippen LogP contribution is -2.06. The van der Waals surface area contributed by atoms with Crippen LogP contribution in [0.5, 0.6) is 5.75 Å². The minimum Gasteiger partial charge on any atom is -0.489 e. The molecule has 0 heterocycles. The van der Waals surface area contributed by atoms with Gasteiger partial charge in [0.15, 0.2) is 0 Å². The number of rotatable bonds is 7. The Balaban J connectivity index is 2.13. The lowest BCUT2D eigenvalue weighted by Gasteiger charge is -2.12. The third kappa shape index (κ3) is 4.21. The average Bonchev–Trinajstić information content (AvgIpc) is 2.47. The number of ether oxygens (including phenoxy) is 1. The fourth-order valence-electron chi connectivity index (χ4n) is 2.16. The first-order valence-electron chi connectivity index (χ1n) is 6.81. The maximum absolute atomic E-state index is 10.9. The third-order valence-electron chi connectivity index (χ3n) is 3.18. The van der Waals surface area contributed by atoms with E-state index < -0.39 is 5.97 Å². The number of aliphatic carboxylic acids is 1. The van der Waals surface area contributed by atoms with Gasteiger partial charge in [0.05, 0.1) is 6.42 Å². The number of hydrogen-bond acceptors (Lipinski definition) is 2. The molecule has 3 nitrogen and oxygen atoms in total. The molecule has 21 heavy (non-hydrogen) atoms. The summed E-state index contributed by atoms with van der Waals surface area (Å²) in [6, 6.07) is 15.2. The number of carbonyl (C=O) groups is 1. The Labute approximate surface area is 124 Å². The third-order valence-corrected chi connectivity index (χ3v) is 3.18. The molecule has 0 saturated carbocycles. The van der Waals surface area contributed by atoms with E-state index in [-0.39, 0.29) is 6.42 Å². The van der Waals surface area contributed by atoms with Crippen LogP contribution < -0.4 is 4.74 Å². The van der Waals surface area contributed by atoms with Crippen molar-refractivity contribution in [1.82, 2.24) is 0 Å². The molecule has 2 aromatic rings. The molecule has 0 aliphatic heterocycles. The van der Waals surface area contributed by atoms with E-state index in [0.29, 0.717) is 6.61 Å². The summed E-state index contributed by atoms with van der Waals surface area (Å²) in [5, 5.41) is 8.94. The predicted molar refractivity (Wildman–Crippen MR) is 82.5 cm³/mol. The molecule has 0 atom stereocenters. The van der Waals surface area contributed by atoms with Crippen molar-refractivity contribution >= 4 is 5.97 Å². The van der Waals surface area contributed by atoms with Crippen LogP contribution in [-0.4, -0.2) is 11.1 Å². The molecule has 0 unspecified atom stereocenters. The smallest absolute Gasteiger partial charge is 0.307 e. The SMILES string of the molecule is C=CCc1ccccc1OCc1ccccc1CC(=O)O. The van der Waals surface area contributed by atoms with Crippen molar-refractivity contribution in [3.8, 4) is 5.75 Å². The number of carboxylic acids is 1. The molecule has 0 bridgehead atoms.